The smallest absolute Gasteiger partial charge is 0.311 e. The molecule has 0 aliphatic carbocycles. The highest BCUT2D eigenvalue weighted by molar-refractivity contribution is 6.44. The molecular formula is C24H35Cl3O4. The maximum Gasteiger partial charge on any atom is 0.311 e. The second kappa shape index (κ2) is 17.6. The molecule has 0 radical (unpaired) electrons. The lowest BCUT2D eigenvalue weighted by Crippen LogP contribution is -2.08. The zero-order valence-corrected chi connectivity index (χ0v) is 20.8. The molecule has 0 bridgehead atoms. The third kappa shape index (κ3) is 13.9. The molecule has 4 nitrogen and oxygen atoms in total. The van der Waals surface area contributed by atoms with Gasteiger partial charge in [0.1, 0.15) is 5.02 Å². The standard InChI is InChI=1S/C24H35Cl3O4/c1-2-3-4-5-10-13-16-30-22(28)14-11-8-6-7-9-12-15-23(29)31-21-18-19(25)17-20(26)24(21)27/h17-18H,2-16H2,1H3. The van der Waals surface area contributed by atoms with E-state index < -0.39 is 0 Å². The minimum Gasteiger partial charge on any atom is -0.466 e. The lowest BCUT2D eigenvalue weighted by atomic mass is 10.1. The Hall–Kier alpha value is -0.970. The average molecular weight is 494 g/mol. The third-order valence-electron chi connectivity index (χ3n) is 4.96. The first-order chi connectivity index (χ1) is 14.9. The van der Waals surface area contributed by atoms with Gasteiger partial charge < -0.3 is 9.47 Å². The summed E-state index contributed by atoms with van der Waals surface area (Å²) in [6.07, 6.45) is 13.5. The molecule has 0 aromatic heterocycles. The molecule has 0 aliphatic rings. The van der Waals surface area contributed by atoms with Gasteiger partial charge in [-0.2, -0.15) is 0 Å². The van der Waals surface area contributed by atoms with Crippen molar-refractivity contribution in [2.75, 3.05) is 6.61 Å². The van der Waals surface area contributed by atoms with Gasteiger partial charge in [-0.1, -0.05) is 99.5 Å². The van der Waals surface area contributed by atoms with E-state index in [0.717, 1.165) is 51.4 Å². The van der Waals surface area contributed by atoms with E-state index in [1.54, 1.807) is 0 Å². The van der Waals surface area contributed by atoms with E-state index in [4.69, 9.17) is 44.3 Å². The molecule has 0 aliphatic heterocycles. The van der Waals surface area contributed by atoms with Gasteiger partial charge in [0.25, 0.3) is 0 Å². The Balaban J connectivity index is 1.97. The Morgan fingerprint density at radius 1 is 0.742 bits per heavy atom. The van der Waals surface area contributed by atoms with Crippen molar-refractivity contribution < 1.29 is 19.1 Å². The predicted octanol–water partition coefficient (Wildman–Crippen LogP) is 8.58. The van der Waals surface area contributed by atoms with E-state index >= 15 is 0 Å². The number of esters is 2. The first-order valence-corrected chi connectivity index (χ1v) is 12.6. The van der Waals surface area contributed by atoms with Gasteiger partial charge in [0, 0.05) is 23.9 Å². The van der Waals surface area contributed by atoms with Crippen molar-refractivity contribution >= 4 is 46.7 Å². The molecule has 0 amide bonds. The molecular weight excluding hydrogens is 459 g/mol. The van der Waals surface area contributed by atoms with E-state index in [-0.39, 0.29) is 27.7 Å². The van der Waals surface area contributed by atoms with Crippen LogP contribution in [-0.2, 0) is 14.3 Å². The van der Waals surface area contributed by atoms with Crippen molar-refractivity contribution in [3.05, 3.63) is 27.2 Å². The van der Waals surface area contributed by atoms with Crippen molar-refractivity contribution in [2.45, 2.75) is 96.8 Å². The lowest BCUT2D eigenvalue weighted by molar-refractivity contribution is -0.144. The first kappa shape index (κ1) is 28.1. The molecule has 31 heavy (non-hydrogen) atoms. The van der Waals surface area contributed by atoms with Crippen molar-refractivity contribution in [1.29, 1.82) is 0 Å². The van der Waals surface area contributed by atoms with Crippen LogP contribution < -0.4 is 4.74 Å². The van der Waals surface area contributed by atoms with E-state index in [1.165, 1.54) is 37.8 Å². The number of carbonyl (C=O) groups excluding carboxylic acids is 2. The zero-order valence-electron chi connectivity index (χ0n) is 18.5. The van der Waals surface area contributed by atoms with Crippen molar-refractivity contribution in [1.82, 2.24) is 0 Å². The molecule has 176 valence electrons. The molecule has 0 heterocycles. The molecule has 0 fully saturated rings. The topological polar surface area (TPSA) is 52.6 Å². The Labute approximate surface area is 201 Å². The fourth-order valence-corrected chi connectivity index (χ4v) is 3.79. The largest absolute Gasteiger partial charge is 0.466 e. The van der Waals surface area contributed by atoms with E-state index in [9.17, 15) is 9.59 Å². The number of unbranched alkanes of at least 4 members (excludes halogenated alkanes) is 10. The number of carbonyl (C=O) groups is 2. The molecule has 0 atom stereocenters. The zero-order chi connectivity index (χ0) is 22.9. The molecule has 1 aromatic rings. The van der Waals surface area contributed by atoms with E-state index in [1.807, 2.05) is 0 Å². The monoisotopic (exact) mass is 492 g/mol. The molecule has 0 N–H and O–H groups in total. The molecule has 7 heteroatoms. The number of benzene rings is 1. The Kier molecular flexibility index (Phi) is 15.9. The maximum atomic E-state index is 12.0. The lowest BCUT2D eigenvalue weighted by Gasteiger charge is -2.08. The van der Waals surface area contributed by atoms with Crippen LogP contribution in [0.1, 0.15) is 96.8 Å². The summed E-state index contributed by atoms with van der Waals surface area (Å²) in [7, 11) is 0. The van der Waals surface area contributed by atoms with Crippen LogP contribution >= 0.6 is 34.8 Å². The second-order valence-electron chi connectivity index (χ2n) is 7.78. The van der Waals surface area contributed by atoms with Gasteiger partial charge >= 0.3 is 11.9 Å². The van der Waals surface area contributed by atoms with Gasteiger partial charge in [-0.05, 0) is 25.3 Å². The van der Waals surface area contributed by atoms with Gasteiger partial charge in [0.2, 0.25) is 0 Å². The minimum absolute atomic E-state index is 0.0870. The first-order valence-electron chi connectivity index (χ1n) is 11.4. The summed E-state index contributed by atoms with van der Waals surface area (Å²) >= 11 is 17.8. The van der Waals surface area contributed by atoms with Crippen LogP contribution in [0.4, 0.5) is 0 Å². The molecule has 0 saturated heterocycles. The fraction of sp³-hybridized carbons (Fsp3) is 0.667. The summed E-state index contributed by atoms with van der Waals surface area (Å²) in [6.45, 7) is 2.75. The molecule has 0 unspecified atom stereocenters. The Morgan fingerprint density at radius 3 is 1.94 bits per heavy atom. The highest BCUT2D eigenvalue weighted by atomic mass is 35.5. The van der Waals surface area contributed by atoms with Crippen molar-refractivity contribution in [2.24, 2.45) is 0 Å². The SMILES string of the molecule is CCCCCCCCOC(=O)CCCCCCCCC(=O)Oc1cc(Cl)cc(Cl)c1Cl. The van der Waals surface area contributed by atoms with Crippen LogP contribution in [0.2, 0.25) is 15.1 Å². The number of ether oxygens (including phenoxy) is 2. The van der Waals surface area contributed by atoms with Gasteiger partial charge in [0.05, 0.1) is 11.6 Å². The van der Waals surface area contributed by atoms with E-state index in [0.29, 0.717) is 24.5 Å². The summed E-state index contributed by atoms with van der Waals surface area (Å²) in [6, 6.07) is 2.98. The van der Waals surface area contributed by atoms with Gasteiger partial charge in [-0.15, -0.1) is 0 Å². The van der Waals surface area contributed by atoms with Crippen molar-refractivity contribution in [3.8, 4) is 5.75 Å². The van der Waals surface area contributed by atoms with Crippen LogP contribution in [0.25, 0.3) is 0 Å². The summed E-state index contributed by atoms with van der Waals surface area (Å²) in [5.74, 6) is -0.253. The number of rotatable bonds is 17. The van der Waals surface area contributed by atoms with Crippen LogP contribution in [0.15, 0.2) is 12.1 Å². The number of hydrogen-bond acceptors (Lipinski definition) is 4. The van der Waals surface area contributed by atoms with Crippen molar-refractivity contribution in [3.63, 3.8) is 0 Å². The second-order valence-corrected chi connectivity index (χ2v) is 9.00. The van der Waals surface area contributed by atoms with E-state index in [2.05, 4.69) is 6.92 Å². The van der Waals surface area contributed by atoms with Gasteiger partial charge in [-0.3, -0.25) is 9.59 Å². The maximum absolute atomic E-state index is 12.0. The Morgan fingerprint density at radius 2 is 1.29 bits per heavy atom. The summed E-state index contributed by atoms with van der Waals surface area (Å²) < 4.78 is 10.5. The van der Waals surface area contributed by atoms with Gasteiger partial charge in [0.15, 0.2) is 5.75 Å². The highest BCUT2D eigenvalue weighted by Gasteiger charge is 2.12. The number of hydrogen-bond donors (Lipinski definition) is 0. The van der Waals surface area contributed by atoms with Gasteiger partial charge in [-0.25, -0.2) is 0 Å². The predicted molar refractivity (Wildman–Crippen MR) is 128 cm³/mol. The quantitative estimate of drug-likeness (QED) is 0.0943. The minimum atomic E-state index is -0.353. The molecule has 1 aromatic carbocycles. The van der Waals surface area contributed by atoms with Crippen LogP contribution in [0, 0.1) is 0 Å². The normalized spacial score (nSPS) is 10.8. The van der Waals surface area contributed by atoms with Crippen LogP contribution in [-0.4, -0.2) is 18.5 Å². The van der Waals surface area contributed by atoms with Crippen LogP contribution in [0.5, 0.6) is 5.75 Å². The average Bonchev–Trinajstić information content (AvgIpc) is 2.72. The Bertz CT molecular complexity index is 664. The molecule has 1 rings (SSSR count). The number of halogens is 3. The summed E-state index contributed by atoms with van der Waals surface area (Å²) in [5.41, 5.74) is 0. The fourth-order valence-electron chi connectivity index (χ4n) is 3.17. The summed E-state index contributed by atoms with van der Waals surface area (Å²) in [5, 5.41) is 0.802. The third-order valence-corrected chi connectivity index (χ3v) is 5.96. The van der Waals surface area contributed by atoms with Crippen LogP contribution in [0.3, 0.4) is 0 Å². The highest BCUT2D eigenvalue weighted by Crippen LogP contribution is 2.35. The molecule has 0 spiro atoms. The molecule has 0 saturated carbocycles. The summed E-state index contributed by atoms with van der Waals surface area (Å²) in [4.78, 5) is 23.7.